The standard InChI is InChI=1S/C18H18N2O3/c1-10-4-5-15-14(6-10)18(8-16(21)22,17(23)20-15)13-7-11(2)9-19-12(13)3/h4-7,9H,8H2,1-3H3,(H,20,23)(H,21,22). The lowest BCUT2D eigenvalue weighted by Crippen LogP contribution is -2.39. The summed E-state index contributed by atoms with van der Waals surface area (Å²) in [6, 6.07) is 7.47. The normalized spacial score (nSPS) is 19.3. The molecule has 1 amide bonds. The number of pyridine rings is 1. The first-order chi connectivity index (χ1) is 10.8. The van der Waals surface area contributed by atoms with Gasteiger partial charge in [0.05, 0.1) is 6.42 Å². The van der Waals surface area contributed by atoms with E-state index in [0.717, 1.165) is 11.1 Å². The molecule has 0 fully saturated rings. The zero-order chi connectivity index (χ0) is 16.8. The molecule has 0 saturated carbocycles. The van der Waals surface area contributed by atoms with E-state index in [1.165, 1.54) is 0 Å². The molecule has 1 aromatic carbocycles. The highest BCUT2D eigenvalue weighted by Gasteiger charge is 2.50. The number of carbonyl (C=O) groups is 2. The van der Waals surface area contributed by atoms with E-state index in [4.69, 9.17) is 0 Å². The van der Waals surface area contributed by atoms with Gasteiger partial charge in [0.2, 0.25) is 5.91 Å². The van der Waals surface area contributed by atoms with E-state index in [-0.39, 0.29) is 12.3 Å². The van der Waals surface area contributed by atoms with E-state index in [1.54, 1.807) is 13.1 Å². The molecule has 0 saturated heterocycles. The predicted octanol–water partition coefficient (Wildman–Crippen LogP) is 2.72. The molecule has 0 radical (unpaired) electrons. The number of amides is 1. The molecule has 0 aliphatic carbocycles. The van der Waals surface area contributed by atoms with Crippen LogP contribution in [0.4, 0.5) is 5.69 Å². The number of aliphatic carboxylic acids is 1. The van der Waals surface area contributed by atoms with Crippen LogP contribution in [0.25, 0.3) is 0 Å². The number of carbonyl (C=O) groups excluding carboxylic acids is 1. The second-order valence-electron chi connectivity index (χ2n) is 6.12. The number of nitrogens with one attached hydrogen (secondary N) is 1. The Kier molecular flexibility index (Phi) is 3.43. The molecule has 0 spiro atoms. The smallest absolute Gasteiger partial charge is 0.305 e. The lowest BCUT2D eigenvalue weighted by atomic mass is 9.71. The van der Waals surface area contributed by atoms with E-state index in [1.807, 2.05) is 38.1 Å². The van der Waals surface area contributed by atoms with Crippen LogP contribution in [0.5, 0.6) is 0 Å². The van der Waals surface area contributed by atoms with Gasteiger partial charge in [0.1, 0.15) is 5.41 Å². The molecule has 0 bridgehead atoms. The number of carboxylic acid groups (broad SMARTS) is 1. The van der Waals surface area contributed by atoms with Gasteiger partial charge < -0.3 is 10.4 Å². The monoisotopic (exact) mass is 310 g/mol. The summed E-state index contributed by atoms with van der Waals surface area (Å²) in [4.78, 5) is 28.8. The largest absolute Gasteiger partial charge is 0.481 e. The summed E-state index contributed by atoms with van der Waals surface area (Å²) in [5.41, 5.74) is 3.33. The van der Waals surface area contributed by atoms with Gasteiger partial charge in [-0.2, -0.15) is 0 Å². The zero-order valence-electron chi connectivity index (χ0n) is 13.3. The number of fused-ring (bicyclic) bond motifs is 1. The number of benzene rings is 1. The van der Waals surface area contributed by atoms with Crippen molar-refractivity contribution in [1.29, 1.82) is 0 Å². The maximum Gasteiger partial charge on any atom is 0.305 e. The fourth-order valence-corrected chi connectivity index (χ4v) is 3.31. The molecule has 118 valence electrons. The molecule has 3 rings (SSSR count). The zero-order valence-corrected chi connectivity index (χ0v) is 13.3. The molecule has 1 aliphatic heterocycles. The molecule has 5 heteroatoms. The summed E-state index contributed by atoms with van der Waals surface area (Å²) < 4.78 is 0. The first kappa shape index (κ1) is 15.2. The summed E-state index contributed by atoms with van der Waals surface area (Å²) in [5, 5.41) is 12.3. The van der Waals surface area contributed by atoms with Gasteiger partial charge in [-0.15, -0.1) is 0 Å². The fraction of sp³-hybridized carbons (Fsp3) is 0.278. The third kappa shape index (κ3) is 2.29. The topological polar surface area (TPSA) is 79.3 Å². The Bertz CT molecular complexity index is 829. The van der Waals surface area contributed by atoms with Crippen LogP contribution >= 0.6 is 0 Å². The number of rotatable bonds is 3. The minimum absolute atomic E-state index is 0.304. The van der Waals surface area contributed by atoms with Crippen molar-refractivity contribution >= 4 is 17.6 Å². The summed E-state index contributed by atoms with van der Waals surface area (Å²) >= 11 is 0. The van der Waals surface area contributed by atoms with Crippen LogP contribution in [-0.4, -0.2) is 22.0 Å². The average molecular weight is 310 g/mol. The van der Waals surface area contributed by atoms with E-state index < -0.39 is 11.4 Å². The summed E-state index contributed by atoms with van der Waals surface area (Å²) in [6.07, 6.45) is 1.42. The molecule has 23 heavy (non-hydrogen) atoms. The van der Waals surface area contributed by atoms with Crippen LogP contribution in [0.2, 0.25) is 0 Å². The molecule has 1 aromatic heterocycles. The fourth-order valence-electron chi connectivity index (χ4n) is 3.31. The number of carboxylic acids is 1. The molecule has 2 heterocycles. The molecule has 1 unspecified atom stereocenters. The van der Waals surface area contributed by atoms with Crippen LogP contribution in [0.3, 0.4) is 0 Å². The lowest BCUT2D eigenvalue weighted by molar-refractivity contribution is -0.140. The maximum atomic E-state index is 12.9. The molecular weight excluding hydrogens is 292 g/mol. The van der Waals surface area contributed by atoms with Crippen molar-refractivity contribution in [3.05, 3.63) is 58.4 Å². The average Bonchev–Trinajstić information content (AvgIpc) is 2.74. The van der Waals surface area contributed by atoms with Crippen LogP contribution in [0.15, 0.2) is 30.5 Å². The van der Waals surface area contributed by atoms with Crippen molar-refractivity contribution in [2.45, 2.75) is 32.6 Å². The second-order valence-corrected chi connectivity index (χ2v) is 6.12. The third-order valence-electron chi connectivity index (χ3n) is 4.37. The minimum atomic E-state index is -1.24. The quantitative estimate of drug-likeness (QED) is 0.913. The maximum absolute atomic E-state index is 12.9. The molecule has 1 atom stereocenters. The third-order valence-corrected chi connectivity index (χ3v) is 4.37. The van der Waals surface area contributed by atoms with Crippen molar-refractivity contribution in [2.75, 3.05) is 5.32 Å². The van der Waals surface area contributed by atoms with Gasteiger partial charge >= 0.3 is 5.97 Å². The van der Waals surface area contributed by atoms with Crippen LogP contribution in [0.1, 0.15) is 34.4 Å². The summed E-state index contributed by atoms with van der Waals surface area (Å²) in [7, 11) is 0. The van der Waals surface area contributed by atoms with Gasteiger partial charge in [0.15, 0.2) is 0 Å². The number of aromatic nitrogens is 1. The Hall–Kier alpha value is -2.69. The summed E-state index contributed by atoms with van der Waals surface area (Å²) in [5.74, 6) is -1.33. The molecule has 2 N–H and O–H groups in total. The predicted molar refractivity (Wildman–Crippen MR) is 86.6 cm³/mol. The minimum Gasteiger partial charge on any atom is -0.481 e. The van der Waals surface area contributed by atoms with Gasteiger partial charge in [0.25, 0.3) is 0 Å². The number of nitrogens with zero attached hydrogens (tertiary/aromatic N) is 1. The van der Waals surface area contributed by atoms with Gasteiger partial charge in [-0.25, -0.2) is 0 Å². The Balaban J connectivity index is 2.36. The molecule has 1 aliphatic rings. The molecule has 2 aromatic rings. The number of hydrogen-bond donors (Lipinski definition) is 2. The van der Waals surface area contributed by atoms with E-state index >= 15 is 0 Å². The van der Waals surface area contributed by atoms with Gasteiger partial charge in [-0.1, -0.05) is 23.8 Å². The second kappa shape index (κ2) is 5.19. The van der Waals surface area contributed by atoms with Crippen molar-refractivity contribution in [1.82, 2.24) is 4.98 Å². The van der Waals surface area contributed by atoms with E-state index in [2.05, 4.69) is 10.3 Å². The molecular formula is C18H18N2O3. The number of anilines is 1. The van der Waals surface area contributed by atoms with Gasteiger partial charge in [-0.3, -0.25) is 14.6 Å². The highest BCUT2D eigenvalue weighted by Crippen LogP contribution is 2.46. The van der Waals surface area contributed by atoms with Crippen molar-refractivity contribution in [3.63, 3.8) is 0 Å². The van der Waals surface area contributed by atoms with E-state index in [0.29, 0.717) is 22.5 Å². The van der Waals surface area contributed by atoms with E-state index in [9.17, 15) is 14.7 Å². The van der Waals surface area contributed by atoms with Gasteiger partial charge in [-0.05, 0) is 43.5 Å². The van der Waals surface area contributed by atoms with Gasteiger partial charge in [0, 0.05) is 17.6 Å². The Labute approximate surface area is 134 Å². The first-order valence-corrected chi connectivity index (χ1v) is 7.42. The van der Waals surface area contributed by atoms with Crippen molar-refractivity contribution in [3.8, 4) is 0 Å². The Morgan fingerprint density at radius 3 is 2.57 bits per heavy atom. The molecule has 5 nitrogen and oxygen atoms in total. The van der Waals surface area contributed by atoms with Crippen molar-refractivity contribution < 1.29 is 14.7 Å². The SMILES string of the molecule is Cc1ccc2c(c1)C(CC(=O)O)(c1cc(C)cnc1C)C(=O)N2. The van der Waals surface area contributed by atoms with Crippen LogP contribution < -0.4 is 5.32 Å². The highest BCUT2D eigenvalue weighted by molar-refractivity contribution is 6.10. The van der Waals surface area contributed by atoms with Crippen LogP contribution in [0, 0.1) is 20.8 Å². The summed E-state index contributed by atoms with van der Waals surface area (Å²) in [6.45, 7) is 5.61. The Morgan fingerprint density at radius 2 is 1.87 bits per heavy atom. The van der Waals surface area contributed by atoms with Crippen molar-refractivity contribution in [2.24, 2.45) is 0 Å². The number of hydrogen-bond acceptors (Lipinski definition) is 3. The number of aryl methyl sites for hydroxylation is 3. The Morgan fingerprint density at radius 1 is 1.17 bits per heavy atom. The lowest BCUT2D eigenvalue weighted by Gasteiger charge is -2.28. The highest BCUT2D eigenvalue weighted by atomic mass is 16.4. The van der Waals surface area contributed by atoms with Crippen LogP contribution in [-0.2, 0) is 15.0 Å². The first-order valence-electron chi connectivity index (χ1n) is 7.42.